The van der Waals surface area contributed by atoms with Crippen molar-refractivity contribution < 1.29 is 13.3 Å². The van der Waals surface area contributed by atoms with Gasteiger partial charge in [-0.3, -0.25) is 15.0 Å². The molecule has 3 fully saturated rings. The van der Waals surface area contributed by atoms with Gasteiger partial charge in [-0.1, -0.05) is 6.92 Å². The molecule has 1 saturated carbocycles. The largest absolute Gasteiger partial charge is 0.364 e. The van der Waals surface area contributed by atoms with E-state index in [-0.39, 0.29) is 16.6 Å². The van der Waals surface area contributed by atoms with Crippen LogP contribution in [0, 0.1) is 16.0 Å². The molecule has 8 nitrogen and oxygen atoms in total. The van der Waals surface area contributed by atoms with Gasteiger partial charge in [-0.15, -0.1) is 0 Å². The van der Waals surface area contributed by atoms with Gasteiger partial charge in [-0.2, -0.15) is 0 Å². The molecule has 0 spiro atoms. The Labute approximate surface area is 178 Å². The normalized spacial score (nSPS) is 28.2. The van der Waals surface area contributed by atoms with Crippen molar-refractivity contribution in [3.63, 3.8) is 0 Å². The van der Waals surface area contributed by atoms with Gasteiger partial charge in [0.15, 0.2) is 0 Å². The number of likely N-dealkylation sites (tertiary alicyclic amines) is 1. The zero-order valence-corrected chi connectivity index (χ0v) is 18.4. The minimum Gasteiger partial charge on any atom is -0.364 e. The van der Waals surface area contributed by atoms with Crippen molar-refractivity contribution in [2.75, 3.05) is 31.1 Å². The van der Waals surface area contributed by atoms with Crippen LogP contribution >= 0.6 is 0 Å². The average Bonchev–Trinajstić information content (AvgIpc) is 3.41. The summed E-state index contributed by atoms with van der Waals surface area (Å²) < 4.78 is 28.5. The molecule has 3 aliphatic rings. The second-order valence-electron chi connectivity index (χ2n) is 9.12. The molecule has 0 radical (unpaired) electrons. The summed E-state index contributed by atoms with van der Waals surface area (Å²) in [6.45, 7) is 5.89. The lowest BCUT2D eigenvalue weighted by Gasteiger charge is -2.27. The van der Waals surface area contributed by atoms with E-state index < -0.39 is 14.9 Å². The van der Waals surface area contributed by atoms with Crippen LogP contribution in [0.3, 0.4) is 0 Å². The van der Waals surface area contributed by atoms with Gasteiger partial charge in [0.25, 0.3) is 5.69 Å². The molecule has 1 N–H and O–H groups in total. The Morgan fingerprint density at radius 1 is 1.07 bits per heavy atom. The molecule has 4 rings (SSSR count). The second-order valence-corrected chi connectivity index (χ2v) is 10.8. The highest BCUT2D eigenvalue weighted by atomic mass is 32.2. The molecule has 0 amide bonds. The van der Waals surface area contributed by atoms with Crippen molar-refractivity contribution >= 4 is 21.4 Å². The fraction of sp³-hybridized carbons (Fsp3) is 0.714. The second kappa shape index (κ2) is 8.80. The molecule has 166 valence electrons. The van der Waals surface area contributed by atoms with Gasteiger partial charge in [0.05, 0.1) is 9.82 Å². The molecule has 2 saturated heterocycles. The van der Waals surface area contributed by atoms with E-state index in [1.54, 1.807) is 6.07 Å². The Morgan fingerprint density at radius 3 is 2.43 bits per heavy atom. The molecule has 1 aromatic rings. The maximum absolute atomic E-state index is 12.9. The van der Waals surface area contributed by atoms with Crippen molar-refractivity contribution in [1.29, 1.82) is 0 Å². The molecular weight excluding hydrogens is 404 g/mol. The third-order valence-electron chi connectivity index (χ3n) is 6.95. The zero-order valence-electron chi connectivity index (χ0n) is 17.6. The molecule has 0 bridgehead atoms. The van der Waals surface area contributed by atoms with Gasteiger partial charge >= 0.3 is 0 Å². The zero-order chi connectivity index (χ0) is 21.3. The standard InChI is InChI=1S/C21H32N4O4S/c1-16-4-6-17(7-5-16)22-30(28,29)19-8-9-20(21(14-19)25(26)27)24-13-10-18(15-24)23-11-2-3-12-23/h8-9,14,16-18,22H,2-7,10-13,15H2,1H3. The minimum atomic E-state index is -3.78. The summed E-state index contributed by atoms with van der Waals surface area (Å²) in [6, 6.07) is 4.68. The Bertz CT molecular complexity index is 877. The average molecular weight is 437 g/mol. The third-order valence-corrected chi connectivity index (χ3v) is 8.47. The number of nitro groups is 1. The van der Waals surface area contributed by atoms with Gasteiger partial charge in [0, 0.05) is 31.2 Å². The number of hydrogen-bond acceptors (Lipinski definition) is 6. The Balaban J connectivity index is 1.51. The lowest BCUT2D eigenvalue weighted by molar-refractivity contribution is -0.384. The summed E-state index contributed by atoms with van der Waals surface area (Å²) in [4.78, 5) is 15.8. The van der Waals surface area contributed by atoms with Gasteiger partial charge in [0.2, 0.25) is 10.0 Å². The Kier molecular flexibility index (Phi) is 6.31. The van der Waals surface area contributed by atoms with Crippen LogP contribution in [0.25, 0.3) is 0 Å². The Morgan fingerprint density at radius 2 is 1.77 bits per heavy atom. The van der Waals surface area contributed by atoms with E-state index in [4.69, 9.17) is 0 Å². The number of nitrogens with zero attached hydrogens (tertiary/aromatic N) is 3. The number of benzene rings is 1. The molecule has 1 aromatic carbocycles. The monoisotopic (exact) mass is 436 g/mol. The molecule has 1 atom stereocenters. The molecule has 30 heavy (non-hydrogen) atoms. The molecule has 1 aliphatic carbocycles. The number of sulfonamides is 1. The fourth-order valence-corrected chi connectivity index (χ4v) is 6.44. The van der Waals surface area contributed by atoms with Crippen molar-refractivity contribution in [3.8, 4) is 0 Å². The molecule has 2 heterocycles. The van der Waals surface area contributed by atoms with Crippen LogP contribution in [0.4, 0.5) is 11.4 Å². The smallest absolute Gasteiger partial charge is 0.293 e. The molecule has 9 heteroatoms. The van der Waals surface area contributed by atoms with E-state index in [1.165, 1.54) is 25.0 Å². The van der Waals surface area contributed by atoms with Crippen LogP contribution in [0.15, 0.2) is 23.1 Å². The highest BCUT2D eigenvalue weighted by molar-refractivity contribution is 7.89. The third kappa shape index (κ3) is 4.63. The van der Waals surface area contributed by atoms with Crippen LogP contribution in [-0.2, 0) is 10.0 Å². The maximum atomic E-state index is 12.9. The Hall–Kier alpha value is -1.71. The topological polar surface area (TPSA) is 95.8 Å². The van der Waals surface area contributed by atoms with Crippen molar-refractivity contribution in [2.45, 2.75) is 68.8 Å². The van der Waals surface area contributed by atoms with Crippen LogP contribution in [0.1, 0.15) is 51.9 Å². The number of nitro benzene ring substituents is 1. The summed E-state index contributed by atoms with van der Waals surface area (Å²) in [7, 11) is -3.78. The first-order valence-corrected chi connectivity index (χ1v) is 12.6. The molecule has 2 aliphatic heterocycles. The summed E-state index contributed by atoms with van der Waals surface area (Å²) >= 11 is 0. The fourth-order valence-electron chi connectivity index (χ4n) is 5.11. The summed E-state index contributed by atoms with van der Waals surface area (Å²) in [5.74, 6) is 0.621. The van der Waals surface area contributed by atoms with Gasteiger partial charge in [-0.25, -0.2) is 13.1 Å². The lowest BCUT2D eigenvalue weighted by atomic mass is 9.88. The number of anilines is 1. The van der Waals surface area contributed by atoms with Crippen LogP contribution in [0.5, 0.6) is 0 Å². The van der Waals surface area contributed by atoms with Gasteiger partial charge in [0.1, 0.15) is 5.69 Å². The van der Waals surface area contributed by atoms with E-state index in [1.807, 2.05) is 4.90 Å². The van der Waals surface area contributed by atoms with Gasteiger partial charge in [-0.05, 0) is 76.1 Å². The predicted molar refractivity (Wildman–Crippen MR) is 116 cm³/mol. The van der Waals surface area contributed by atoms with Crippen LogP contribution < -0.4 is 9.62 Å². The van der Waals surface area contributed by atoms with E-state index in [9.17, 15) is 18.5 Å². The number of rotatable bonds is 6. The van der Waals surface area contributed by atoms with Crippen LogP contribution in [-0.4, -0.2) is 56.5 Å². The van der Waals surface area contributed by atoms with Crippen molar-refractivity contribution in [3.05, 3.63) is 28.3 Å². The van der Waals surface area contributed by atoms with Crippen molar-refractivity contribution in [1.82, 2.24) is 9.62 Å². The number of hydrogen-bond donors (Lipinski definition) is 1. The maximum Gasteiger partial charge on any atom is 0.293 e. The van der Waals surface area contributed by atoms with E-state index in [0.29, 0.717) is 17.6 Å². The van der Waals surface area contributed by atoms with Crippen molar-refractivity contribution in [2.24, 2.45) is 5.92 Å². The van der Waals surface area contributed by atoms with E-state index in [2.05, 4.69) is 16.5 Å². The highest BCUT2D eigenvalue weighted by Gasteiger charge is 2.33. The first-order chi connectivity index (χ1) is 14.3. The number of nitrogens with one attached hydrogen (secondary N) is 1. The SMILES string of the molecule is CC1CCC(NS(=O)(=O)c2ccc(N3CCC(N4CCCC4)C3)c([N+](=O)[O-])c2)CC1. The molecule has 1 unspecified atom stereocenters. The summed E-state index contributed by atoms with van der Waals surface area (Å²) in [5.41, 5.74) is 0.393. The van der Waals surface area contributed by atoms with E-state index in [0.717, 1.165) is 58.3 Å². The van der Waals surface area contributed by atoms with E-state index >= 15 is 0 Å². The molecular formula is C21H32N4O4S. The highest BCUT2D eigenvalue weighted by Crippen LogP contribution is 2.34. The van der Waals surface area contributed by atoms with Crippen LogP contribution in [0.2, 0.25) is 0 Å². The quantitative estimate of drug-likeness (QED) is 0.544. The van der Waals surface area contributed by atoms with Gasteiger partial charge < -0.3 is 4.90 Å². The summed E-state index contributed by atoms with van der Waals surface area (Å²) in [5, 5.41) is 11.8. The first kappa shape index (κ1) is 21.5. The predicted octanol–water partition coefficient (Wildman–Crippen LogP) is 3.13. The molecule has 0 aromatic heterocycles. The summed E-state index contributed by atoms with van der Waals surface area (Å²) in [6.07, 6.45) is 7.04. The minimum absolute atomic E-state index is 0.0214. The lowest BCUT2D eigenvalue weighted by Crippen LogP contribution is -2.37. The first-order valence-electron chi connectivity index (χ1n) is 11.1.